The van der Waals surface area contributed by atoms with Crippen LogP contribution in [0.2, 0.25) is 0 Å². The number of aromatic hydroxyl groups is 2. The predicted octanol–water partition coefficient (Wildman–Crippen LogP) is 3.16. The van der Waals surface area contributed by atoms with Gasteiger partial charge in [0.25, 0.3) is 0 Å². The molecule has 2 aromatic carbocycles. The number of rotatable bonds is 3. The van der Waals surface area contributed by atoms with E-state index in [0.717, 1.165) is 5.56 Å². The molecule has 4 nitrogen and oxygen atoms in total. The number of benzene rings is 2. The fraction of sp³-hybridized carbons (Fsp3) is 0.188. The molecule has 0 spiro atoms. The van der Waals surface area contributed by atoms with E-state index in [2.05, 4.69) is 15.9 Å². The number of likely N-dealkylation sites (N-methyl/N-ethyl adjacent to an activating group) is 1. The minimum absolute atomic E-state index is 0.0524. The van der Waals surface area contributed by atoms with E-state index < -0.39 is 0 Å². The van der Waals surface area contributed by atoms with Crippen molar-refractivity contribution in [2.45, 2.75) is 6.42 Å². The Balaban J connectivity index is 2.63. The van der Waals surface area contributed by atoms with E-state index in [0.29, 0.717) is 15.6 Å². The number of phenols is 2. The Kier molecular flexibility index (Phi) is 4.53. The Labute approximate surface area is 131 Å². The molecule has 0 aliphatic heterocycles. The smallest absolute Gasteiger partial charge is 0.226 e. The summed E-state index contributed by atoms with van der Waals surface area (Å²) in [6.45, 7) is 0. The van der Waals surface area contributed by atoms with Crippen LogP contribution in [0.4, 0.5) is 0 Å². The summed E-state index contributed by atoms with van der Waals surface area (Å²) in [7, 11) is 3.34. The van der Waals surface area contributed by atoms with Crippen molar-refractivity contribution in [2.24, 2.45) is 0 Å². The molecule has 0 aliphatic carbocycles. The quantitative estimate of drug-likeness (QED) is 0.894. The first-order valence-electron chi connectivity index (χ1n) is 6.40. The molecule has 0 saturated carbocycles. The first kappa shape index (κ1) is 15.4. The van der Waals surface area contributed by atoms with E-state index in [9.17, 15) is 15.0 Å². The topological polar surface area (TPSA) is 60.8 Å². The summed E-state index contributed by atoms with van der Waals surface area (Å²) < 4.78 is 0.425. The average Bonchev–Trinajstić information content (AvgIpc) is 2.45. The summed E-state index contributed by atoms with van der Waals surface area (Å²) in [6.07, 6.45) is 0.0831. The van der Waals surface area contributed by atoms with Crippen LogP contribution < -0.4 is 0 Å². The maximum Gasteiger partial charge on any atom is 0.226 e. The van der Waals surface area contributed by atoms with Gasteiger partial charge in [-0.1, -0.05) is 30.3 Å². The highest BCUT2D eigenvalue weighted by Crippen LogP contribution is 2.42. The van der Waals surface area contributed by atoms with Gasteiger partial charge < -0.3 is 15.1 Å². The lowest BCUT2D eigenvalue weighted by Crippen LogP contribution is -2.24. The van der Waals surface area contributed by atoms with Crippen molar-refractivity contribution in [3.8, 4) is 22.6 Å². The van der Waals surface area contributed by atoms with Crippen LogP contribution in [-0.4, -0.2) is 35.1 Å². The SMILES string of the molecule is CN(C)C(=O)Cc1c(Br)c(O)cc(O)c1-c1ccccc1. The van der Waals surface area contributed by atoms with Gasteiger partial charge in [-0.05, 0) is 27.1 Å². The van der Waals surface area contributed by atoms with Gasteiger partial charge in [-0.15, -0.1) is 0 Å². The molecular weight excluding hydrogens is 334 g/mol. The first-order chi connectivity index (χ1) is 9.91. The third-order valence-corrected chi connectivity index (χ3v) is 4.10. The van der Waals surface area contributed by atoms with Gasteiger partial charge in [0.2, 0.25) is 5.91 Å². The monoisotopic (exact) mass is 349 g/mol. The van der Waals surface area contributed by atoms with Crippen molar-refractivity contribution in [1.82, 2.24) is 4.90 Å². The molecule has 2 rings (SSSR count). The number of carbonyl (C=O) groups is 1. The second-order valence-electron chi connectivity index (χ2n) is 4.91. The van der Waals surface area contributed by atoms with Crippen molar-refractivity contribution < 1.29 is 15.0 Å². The maximum atomic E-state index is 12.0. The number of halogens is 1. The molecule has 0 aromatic heterocycles. The van der Waals surface area contributed by atoms with E-state index in [4.69, 9.17) is 0 Å². The van der Waals surface area contributed by atoms with Gasteiger partial charge in [0, 0.05) is 25.7 Å². The molecule has 5 heteroatoms. The fourth-order valence-corrected chi connectivity index (χ4v) is 2.54. The maximum absolute atomic E-state index is 12.0. The van der Waals surface area contributed by atoms with E-state index in [-0.39, 0.29) is 23.8 Å². The zero-order valence-electron chi connectivity index (χ0n) is 11.8. The Morgan fingerprint density at radius 1 is 1.14 bits per heavy atom. The molecule has 0 heterocycles. The second kappa shape index (κ2) is 6.18. The molecule has 0 bridgehead atoms. The van der Waals surface area contributed by atoms with Crippen molar-refractivity contribution in [2.75, 3.05) is 14.1 Å². The Bertz CT molecular complexity index is 669. The minimum atomic E-state index is -0.113. The minimum Gasteiger partial charge on any atom is -0.507 e. The van der Waals surface area contributed by atoms with E-state index in [1.165, 1.54) is 11.0 Å². The van der Waals surface area contributed by atoms with Crippen molar-refractivity contribution in [3.63, 3.8) is 0 Å². The highest BCUT2D eigenvalue weighted by molar-refractivity contribution is 9.10. The molecule has 0 unspecified atom stereocenters. The standard InChI is InChI=1S/C16H16BrNO3/c1-18(2)14(21)8-11-15(10-6-4-3-5-7-10)12(19)9-13(20)16(11)17/h3-7,9,19-20H,8H2,1-2H3. The van der Waals surface area contributed by atoms with E-state index in [1.807, 2.05) is 30.3 Å². The number of hydrogen-bond donors (Lipinski definition) is 2. The molecule has 0 aliphatic rings. The van der Waals surface area contributed by atoms with Crippen LogP contribution in [0.3, 0.4) is 0 Å². The number of hydrogen-bond acceptors (Lipinski definition) is 3. The van der Waals surface area contributed by atoms with Crippen LogP contribution in [0.5, 0.6) is 11.5 Å². The molecule has 1 amide bonds. The fourth-order valence-electron chi connectivity index (χ4n) is 2.09. The molecule has 21 heavy (non-hydrogen) atoms. The summed E-state index contributed by atoms with van der Waals surface area (Å²) in [5.74, 6) is -0.255. The zero-order valence-corrected chi connectivity index (χ0v) is 13.4. The van der Waals surface area contributed by atoms with Crippen molar-refractivity contribution >= 4 is 21.8 Å². The second-order valence-corrected chi connectivity index (χ2v) is 5.71. The lowest BCUT2D eigenvalue weighted by Gasteiger charge is -2.17. The van der Waals surface area contributed by atoms with E-state index in [1.54, 1.807) is 14.1 Å². The highest BCUT2D eigenvalue weighted by atomic mass is 79.9. The van der Waals surface area contributed by atoms with Crippen LogP contribution in [0.25, 0.3) is 11.1 Å². The van der Waals surface area contributed by atoms with Gasteiger partial charge in [0.15, 0.2) is 0 Å². The summed E-state index contributed by atoms with van der Waals surface area (Å²) in [4.78, 5) is 13.5. The van der Waals surface area contributed by atoms with Crippen molar-refractivity contribution in [1.29, 1.82) is 0 Å². The lowest BCUT2D eigenvalue weighted by molar-refractivity contribution is -0.127. The summed E-state index contributed by atoms with van der Waals surface area (Å²) in [5, 5.41) is 20.1. The molecule has 0 saturated heterocycles. The summed E-state index contributed by atoms with van der Waals surface area (Å²) in [6, 6.07) is 10.6. The average molecular weight is 350 g/mol. The van der Waals surface area contributed by atoms with Crippen molar-refractivity contribution in [3.05, 3.63) is 46.4 Å². The van der Waals surface area contributed by atoms with Crippen LogP contribution >= 0.6 is 15.9 Å². The molecular formula is C16H16BrNO3. The molecule has 0 fully saturated rings. The molecule has 2 N–H and O–H groups in total. The van der Waals surface area contributed by atoms with E-state index >= 15 is 0 Å². The molecule has 2 aromatic rings. The van der Waals surface area contributed by atoms with Gasteiger partial charge >= 0.3 is 0 Å². The lowest BCUT2D eigenvalue weighted by atomic mass is 9.96. The first-order valence-corrected chi connectivity index (χ1v) is 7.20. The Morgan fingerprint density at radius 3 is 2.33 bits per heavy atom. The number of carbonyl (C=O) groups excluding carboxylic acids is 1. The zero-order chi connectivity index (χ0) is 15.6. The largest absolute Gasteiger partial charge is 0.507 e. The molecule has 0 radical (unpaired) electrons. The molecule has 110 valence electrons. The predicted molar refractivity (Wildman–Crippen MR) is 85.3 cm³/mol. The number of phenolic OH excluding ortho intramolecular Hbond substituents is 2. The van der Waals surface area contributed by atoms with Crippen LogP contribution in [-0.2, 0) is 11.2 Å². The highest BCUT2D eigenvalue weighted by Gasteiger charge is 2.20. The molecule has 0 atom stereocenters. The van der Waals surface area contributed by atoms with Crippen LogP contribution in [0, 0.1) is 0 Å². The number of nitrogens with zero attached hydrogens (tertiary/aromatic N) is 1. The number of amides is 1. The Morgan fingerprint density at radius 2 is 1.76 bits per heavy atom. The van der Waals surface area contributed by atoms with Gasteiger partial charge in [-0.3, -0.25) is 4.79 Å². The summed E-state index contributed by atoms with van der Waals surface area (Å²) in [5.41, 5.74) is 1.91. The van der Waals surface area contributed by atoms with Gasteiger partial charge in [-0.25, -0.2) is 0 Å². The van der Waals surface area contributed by atoms with Gasteiger partial charge in [0.05, 0.1) is 10.9 Å². The Hall–Kier alpha value is -2.01. The third kappa shape index (κ3) is 3.19. The van der Waals surface area contributed by atoms with Gasteiger partial charge in [0.1, 0.15) is 11.5 Å². The van der Waals surface area contributed by atoms with Crippen LogP contribution in [0.15, 0.2) is 40.9 Å². The van der Waals surface area contributed by atoms with Gasteiger partial charge in [-0.2, -0.15) is 0 Å². The third-order valence-electron chi connectivity index (χ3n) is 3.21. The summed E-state index contributed by atoms with van der Waals surface area (Å²) >= 11 is 3.31. The normalized spacial score (nSPS) is 10.4. The van der Waals surface area contributed by atoms with Crippen LogP contribution in [0.1, 0.15) is 5.56 Å².